The summed E-state index contributed by atoms with van der Waals surface area (Å²) in [6, 6.07) is 34.5. The second kappa shape index (κ2) is 11.9. The van der Waals surface area contributed by atoms with Gasteiger partial charge in [-0.3, -0.25) is 0 Å². The third-order valence-electron chi connectivity index (χ3n) is 6.09. The van der Waals surface area contributed by atoms with Gasteiger partial charge >= 0.3 is 0 Å². The van der Waals surface area contributed by atoms with E-state index in [-0.39, 0.29) is 10.9 Å². The minimum absolute atomic E-state index is 0.266. The van der Waals surface area contributed by atoms with Crippen molar-refractivity contribution < 1.29 is 13.2 Å². The van der Waals surface area contributed by atoms with Crippen LogP contribution in [0.1, 0.15) is 16.7 Å². The SMILES string of the molecule is COc1ccccc1CN(C[C@H](Cc1ccccc1)NS(=O)(=O)c1ccc(C)cc1)c1ccccc1. The molecule has 4 rings (SSSR count). The first-order valence-corrected chi connectivity index (χ1v) is 13.5. The van der Waals surface area contributed by atoms with Gasteiger partial charge in [-0.15, -0.1) is 0 Å². The Morgan fingerprint density at radius 1 is 0.806 bits per heavy atom. The lowest BCUT2D eigenvalue weighted by molar-refractivity contribution is 0.408. The van der Waals surface area contributed by atoms with Crippen molar-refractivity contribution in [3.05, 3.63) is 126 Å². The maximum Gasteiger partial charge on any atom is 0.240 e. The summed E-state index contributed by atoms with van der Waals surface area (Å²) in [4.78, 5) is 2.46. The zero-order valence-electron chi connectivity index (χ0n) is 20.7. The molecule has 0 aliphatic heterocycles. The first kappa shape index (κ1) is 25.5. The zero-order chi connectivity index (χ0) is 25.4. The van der Waals surface area contributed by atoms with Gasteiger partial charge in [-0.05, 0) is 49.2 Å². The van der Waals surface area contributed by atoms with E-state index in [1.807, 2.05) is 104 Å². The highest BCUT2D eigenvalue weighted by Crippen LogP contribution is 2.24. The van der Waals surface area contributed by atoms with Gasteiger partial charge in [0.05, 0.1) is 12.0 Å². The van der Waals surface area contributed by atoms with E-state index in [4.69, 9.17) is 4.74 Å². The van der Waals surface area contributed by atoms with Crippen LogP contribution in [-0.4, -0.2) is 28.1 Å². The minimum atomic E-state index is -3.71. The van der Waals surface area contributed by atoms with Crippen LogP contribution in [0, 0.1) is 6.92 Å². The topological polar surface area (TPSA) is 58.6 Å². The second-order valence-electron chi connectivity index (χ2n) is 8.85. The molecule has 0 aliphatic rings. The van der Waals surface area contributed by atoms with Crippen LogP contribution in [-0.2, 0) is 23.0 Å². The minimum Gasteiger partial charge on any atom is -0.496 e. The largest absolute Gasteiger partial charge is 0.496 e. The number of aryl methyl sites for hydroxylation is 1. The first-order chi connectivity index (χ1) is 17.4. The Hall–Kier alpha value is -3.61. The summed E-state index contributed by atoms with van der Waals surface area (Å²) < 4.78 is 35.3. The third-order valence-corrected chi connectivity index (χ3v) is 7.63. The summed E-state index contributed by atoms with van der Waals surface area (Å²) in [7, 11) is -2.04. The van der Waals surface area contributed by atoms with Crippen LogP contribution in [0.2, 0.25) is 0 Å². The molecule has 0 radical (unpaired) electrons. The third kappa shape index (κ3) is 6.74. The highest BCUT2D eigenvalue weighted by atomic mass is 32.2. The van der Waals surface area contributed by atoms with Crippen molar-refractivity contribution in [2.24, 2.45) is 0 Å². The molecule has 0 saturated heterocycles. The van der Waals surface area contributed by atoms with E-state index in [0.717, 1.165) is 28.1 Å². The molecule has 1 N–H and O–H groups in total. The average molecular weight is 501 g/mol. The lowest BCUT2D eigenvalue weighted by Gasteiger charge is -2.30. The maximum absolute atomic E-state index is 13.4. The van der Waals surface area contributed by atoms with Gasteiger partial charge in [-0.1, -0.05) is 84.4 Å². The van der Waals surface area contributed by atoms with Crippen molar-refractivity contribution in [3.63, 3.8) is 0 Å². The van der Waals surface area contributed by atoms with Crippen LogP contribution in [0.25, 0.3) is 0 Å². The number of benzene rings is 4. The molecule has 5 nitrogen and oxygen atoms in total. The summed E-state index contributed by atoms with van der Waals surface area (Å²) in [6.07, 6.45) is 0.557. The van der Waals surface area contributed by atoms with Crippen molar-refractivity contribution in [2.75, 3.05) is 18.6 Å². The fraction of sp³-hybridized carbons (Fsp3) is 0.200. The lowest BCUT2D eigenvalue weighted by atomic mass is 10.1. The van der Waals surface area contributed by atoms with E-state index in [2.05, 4.69) is 9.62 Å². The van der Waals surface area contributed by atoms with Crippen LogP contribution in [0.4, 0.5) is 5.69 Å². The van der Waals surface area contributed by atoms with Gasteiger partial charge in [0.15, 0.2) is 0 Å². The van der Waals surface area contributed by atoms with Gasteiger partial charge in [0.2, 0.25) is 10.0 Å². The molecule has 36 heavy (non-hydrogen) atoms. The van der Waals surface area contributed by atoms with E-state index < -0.39 is 10.0 Å². The van der Waals surface area contributed by atoms with E-state index in [9.17, 15) is 8.42 Å². The molecule has 0 saturated carbocycles. The molecule has 0 heterocycles. The monoisotopic (exact) mass is 500 g/mol. The van der Waals surface area contributed by atoms with E-state index in [1.165, 1.54) is 0 Å². The molecule has 0 amide bonds. The number of hydrogen-bond donors (Lipinski definition) is 1. The fourth-order valence-corrected chi connectivity index (χ4v) is 5.48. The number of methoxy groups -OCH3 is 1. The average Bonchev–Trinajstić information content (AvgIpc) is 2.89. The molecular weight excluding hydrogens is 468 g/mol. The van der Waals surface area contributed by atoms with Gasteiger partial charge in [0.1, 0.15) is 5.75 Å². The van der Waals surface area contributed by atoms with E-state index >= 15 is 0 Å². The van der Waals surface area contributed by atoms with Crippen LogP contribution in [0.15, 0.2) is 114 Å². The molecular formula is C30H32N2O3S. The van der Waals surface area contributed by atoms with Crippen molar-refractivity contribution in [2.45, 2.75) is 30.8 Å². The number of nitrogens with zero attached hydrogens (tertiary/aromatic N) is 1. The Morgan fingerprint density at radius 2 is 1.42 bits per heavy atom. The second-order valence-corrected chi connectivity index (χ2v) is 10.6. The molecule has 0 spiro atoms. The summed E-state index contributed by atoms with van der Waals surface area (Å²) in [5.74, 6) is 0.804. The predicted octanol–water partition coefficient (Wildman–Crippen LogP) is 5.60. The van der Waals surface area contributed by atoms with Crippen molar-refractivity contribution in [3.8, 4) is 5.75 Å². The Balaban J connectivity index is 1.66. The van der Waals surface area contributed by atoms with Crippen molar-refractivity contribution >= 4 is 15.7 Å². The van der Waals surface area contributed by atoms with E-state index in [1.54, 1.807) is 19.2 Å². The molecule has 0 aliphatic carbocycles. The van der Waals surface area contributed by atoms with Gasteiger partial charge in [0.25, 0.3) is 0 Å². The zero-order valence-corrected chi connectivity index (χ0v) is 21.5. The summed E-state index contributed by atoms with van der Waals surface area (Å²) in [5.41, 5.74) is 4.13. The number of para-hydroxylation sites is 2. The predicted molar refractivity (Wildman–Crippen MR) is 146 cm³/mol. The molecule has 1 atom stereocenters. The molecule has 186 valence electrons. The van der Waals surface area contributed by atoms with Gasteiger partial charge in [0, 0.05) is 30.4 Å². The number of nitrogens with one attached hydrogen (secondary N) is 1. The summed E-state index contributed by atoms with van der Waals surface area (Å²) in [5, 5.41) is 0. The Labute approximate surface area is 214 Å². The number of rotatable bonds is 11. The lowest BCUT2D eigenvalue weighted by Crippen LogP contribution is -2.45. The van der Waals surface area contributed by atoms with Crippen LogP contribution in [0.5, 0.6) is 5.75 Å². The Kier molecular flexibility index (Phi) is 8.41. The highest BCUT2D eigenvalue weighted by Gasteiger charge is 2.23. The maximum atomic E-state index is 13.4. The van der Waals surface area contributed by atoms with Crippen LogP contribution in [0.3, 0.4) is 0 Å². The number of anilines is 1. The standard InChI is InChI=1S/C30H32N2O3S/c1-24-17-19-29(20-18-24)36(33,34)31-27(21-25-11-5-3-6-12-25)23-32(28-14-7-4-8-15-28)22-26-13-9-10-16-30(26)35-2/h3-20,27,31H,21-23H2,1-2H3/t27-/m0/s1. The van der Waals surface area contributed by atoms with Crippen LogP contribution < -0.4 is 14.4 Å². The van der Waals surface area contributed by atoms with Crippen LogP contribution >= 0.6 is 0 Å². The van der Waals surface area contributed by atoms with Gasteiger partial charge in [-0.25, -0.2) is 13.1 Å². The quantitative estimate of drug-likeness (QED) is 0.291. The molecule has 0 unspecified atom stereocenters. The molecule has 0 bridgehead atoms. The Morgan fingerprint density at radius 3 is 2.08 bits per heavy atom. The smallest absolute Gasteiger partial charge is 0.240 e. The van der Waals surface area contributed by atoms with Gasteiger partial charge < -0.3 is 9.64 Å². The van der Waals surface area contributed by atoms with E-state index in [0.29, 0.717) is 19.5 Å². The molecule has 0 aromatic heterocycles. The normalized spacial score (nSPS) is 12.2. The number of ether oxygens (including phenoxy) is 1. The molecule has 4 aromatic rings. The molecule has 0 fully saturated rings. The van der Waals surface area contributed by atoms with Crippen molar-refractivity contribution in [1.82, 2.24) is 4.72 Å². The fourth-order valence-electron chi connectivity index (χ4n) is 4.25. The molecule has 4 aromatic carbocycles. The van der Waals surface area contributed by atoms with Gasteiger partial charge in [-0.2, -0.15) is 0 Å². The number of sulfonamides is 1. The summed E-state index contributed by atoms with van der Waals surface area (Å²) in [6.45, 7) is 2.99. The number of hydrogen-bond acceptors (Lipinski definition) is 4. The molecule has 6 heteroatoms. The Bertz CT molecular complexity index is 1340. The highest BCUT2D eigenvalue weighted by molar-refractivity contribution is 7.89. The summed E-state index contributed by atoms with van der Waals surface area (Å²) >= 11 is 0. The van der Waals surface area contributed by atoms with Crippen molar-refractivity contribution in [1.29, 1.82) is 0 Å². The first-order valence-electron chi connectivity index (χ1n) is 12.0.